The van der Waals surface area contributed by atoms with E-state index >= 15 is 0 Å². The maximum absolute atomic E-state index is 4.02. The third kappa shape index (κ3) is 2.09. The summed E-state index contributed by atoms with van der Waals surface area (Å²) < 4.78 is 1.91. The van der Waals surface area contributed by atoms with Gasteiger partial charge in [0.1, 0.15) is 0 Å². The van der Waals surface area contributed by atoms with Gasteiger partial charge in [-0.1, -0.05) is 6.92 Å². The van der Waals surface area contributed by atoms with Crippen LogP contribution in [-0.4, -0.2) is 26.2 Å². The number of aromatic nitrogens is 4. The molecule has 1 aromatic rings. The SMILES string of the molecule is CCC(C)n1nnnc1CNC1CC1. The average Bonchev–Trinajstić information content (AvgIpc) is 2.92. The zero-order valence-corrected chi connectivity index (χ0v) is 8.77. The number of rotatable bonds is 5. The van der Waals surface area contributed by atoms with Crippen LogP contribution < -0.4 is 5.32 Å². The van der Waals surface area contributed by atoms with Crippen LogP contribution in [0.4, 0.5) is 0 Å². The maximum atomic E-state index is 4.02. The Morgan fingerprint density at radius 3 is 3.00 bits per heavy atom. The fourth-order valence-electron chi connectivity index (χ4n) is 1.37. The van der Waals surface area contributed by atoms with E-state index in [1.165, 1.54) is 12.8 Å². The Morgan fingerprint density at radius 2 is 2.36 bits per heavy atom. The van der Waals surface area contributed by atoms with Crippen LogP contribution in [0.25, 0.3) is 0 Å². The lowest BCUT2D eigenvalue weighted by Gasteiger charge is -2.10. The average molecular weight is 195 g/mol. The van der Waals surface area contributed by atoms with Gasteiger partial charge in [-0.25, -0.2) is 4.68 Å². The quantitative estimate of drug-likeness (QED) is 0.758. The van der Waals surface area contributed by atoms with Crippen molar-refractivity contribution in [2.24, 2.45) is 0 Å². The lowest BCUT2D eigenvalue weighted by Crippen LogP contribution is -2.20. The molecule has 0 radical (unpaired) electrons. The van der Waals surface area contributed by atoms with E-state index in [4.69, 9.17) is 0 Å². The molecule has 2 rings (SSSR count). The summed E-state index contributed by atoms with van der Waals surface area (Å²) in [6, 6.07) is 1.10. The Kier molecular flexibility index (Phi) is 2.77. The van der Waals surface area contributed by atoms with Crippen LogP contribution in [0, 0.1) is 0 Å². The second-order valence-electron chi connectivity index (χ2n) is 3.95. The van der Waals surface area contributed by atoms with Crippen molar-refractivity contribution >= 4 is 0 Å². The highest BCUT2D eigenvalue weighted by atomic mass is 15.6. The fraction of sp³-hybridized carbons (Fsp3) is 0.889. The van der Waals surface area contributed by atoms with Crippen LogP contribution in [0.2, 0.25) is 0 Å². The largest absolute Gasteiger partial charge is 0.307 e. The Hall–Kier alpha value is -0.970. The topological polar surface area (TPSA) is 55.6 Å². The van der Waals surface area contributed by atoms with Crippen molar-refractivity contribution in [1.29, 1.82) is 0 Å². The van der Waals surface area contributed by atoms with Crippen LogP contribution in [0.5, 0.6) is 0 Å². The number of tetrazole rings is 1. The summed E-state index contributed by atoms with van der Waals surface area (Å²) in [5, 5.41) is 15.2. The minimum absolute atomic E-state index is 0.390. The van der Waals surface area contributed by atoms with Crippen molar-refractivity contribution < 1.29 is 0 Å². The zero-order valence-electron chi connectivity index (χ0n) is 8.77. The number of nitrogens with one attached hydrogen (secondary N) is 1. The molecule has 5 nitrogen and oxygen atoms in total. The monoisotopic (exact) mass is 195 g/mol. The third-order valence-corrected chi connectivity index (χ3v) is 2.70. The van der Waals surface area contributed by atoms with Crippen LogP contribution >= 0.6 is 0 Å². The van der Waals surface area contributed by atoms with E-state index in [0.29, 0.717) is 12.1 Å². The normalized spacial score (nSPS) is 18.4. The highest BCUT2D eigenvalue weighted by Crippen LogP contribution is 2.19. The van der Waals surface area contributed by atoms with Crippen molar-refractivity contribution in [3.05, 3.63) is 5.82 Å². The van der Waals surface area contributed by atoms with Gasteiger partial charge < -0.3 is 5.32 Å². The first-order valence-electron chi connectivity index (χ1n) is 5.31. The molecule has 0 amide bonds. The molecule has 1 aromatic heterocycles. The Bertz CT molecular complexity index is 291. The number of hydrogen-bond donors (Lipinski definition) is 1. The minimum atomic E-state index is 0.390. The Balaban J connectivity index is 1.96. The molecule has 14 heavy (non-hydrogen) atoms. The molecule has 0 spiro atoms. The number of hydrogen-bond acceptors (Lipinski definition) is 4. The van der Waals surface area contributed by atoms with Crippen LogP contribution in [0.1, 0.15) is 45.0 Å². The molecule has 1 aliphatic rings. The van der Waals surface area contributed by atoms with Crippen LogP contribution in [0.3, 0.4) is 0 Å². The maximum Gasteiger partial charge on any atom is 0.165 e. The lowest BCUT2D eigenvalue weighted by molar-refractivity contribution is 0.440. The van der Waals surface area contributed by atoms with Crippen molar-refractivity contribution in [3.63, 3.8) is 0 Å². The van der Waals surface area contributed by atoms with E-state index in [1.54, 1.807) is 0 Å². The molecular formula is C9H17N5. The van der Waals surface area contributed by atoms with Gasteiger partial charge in [0.2, 0.25) is 0 Å². The fourth-order valence-corrected chi connectivity index (χ4v) is 1.37. The molecule has 0 aliphatic heterocycles. The highest BCUT2D eigenvalue weighted by Gasteiger charge is 2.21. The van der Waals surface area contributed by atoms with Crippen molar-refractivity contribution in [2.75, 3.05) is 0 Å². The molecule has 0 saturated heterocycles. The molecule has 1 saturated carbocycles. The summed E-state index contributed by atoms with van der Waals surface area (Å²) in [5.41, 5.74) is 0. The molecule has 5 heteroatoms. The summed E-state index contributed by atoms with van der Waals surface area (Å²) in [6.07, 6.45) is 3.65. The molecule has 1 aliphatic carbocycles. The second kappa shape index (κ2) is 4.04. The van der Waals surface area contributed by atoms with E-state index in [1.807, 2.05) is 4.68 Å². The van der Waals surface area contributed by atoms with Gasteiger partial charge in [-0.05, 0) is 36.6 Å². The summed E-state index contributed by atoms with van der Waals surface area (Å²) in [6.45, 7) is 5.07. The van der Waals surface area contributed by atoms with Gasteiger partial charge >= 0.3 is 0 Å². The molecule has 1 unspecified atom stereocenters. The lowest BCUT2D eigenvalue weighted by atomic mass is 10.3. The molecule has 78 valence electrons. The van der Waals surface area contributed by atoms with Gasteiger partial charge in [0, 0.05) is 6.04 Å². The Labute approximate surface area is 83.9 Å². The van der Waals surface area contributed by atoms with Crippen LogP contribution in [0.15, 0.2) is 0 Å². The standard InChI is InChI=1S/C9H17N5/c1-3-7(2)14-9(11-12-13-14)6-10-8-4-5-8/h7-8,10H,3-6H2,1-2H3. The van der Waals surface area contributed by atoms with Crippen molar-refractivity contribution in [3.8, 4) is 0 Å². The van der Waals surface area contributed by atoms with E-state index in [9.17, 15) is 0 Å². The second-order valence-corrected chi connectivity index (χ2v) is 3.95. The molecule has 1 N–H and O–H groups in total. The Morgan fingerprint density at radius 1 is 1.57 bits per heavy atom. The van der Waals surface area contributed by atoms with E-state index in [0.717, 1.165) is 18.8 Å². The summed E-state index contributed by atoms with van der Waals surface area (Å²) in [5.74, 6) is 0.950. The van der Waals surface area contributed by atoms with Gasteiger partial charge in [0.25, 0.3) is 0 Å². The molecule has 0 aromatic carbocycles. The van der Waals surface area contributed by atoms with E-state index in [2.05, 4.69) is 34.7 Å². The van der Waals surface area contributed by atoms with Gasteiger partial charge in [-0.3, -0.25) is 0 Å². The first kappa shape index (κ1) is 9.58. The molecular weight excluding hydrogens is 178 g/mol. The van der Waals surface area contributed by atoms with Gasteiger partial charge in [-0.15, -0.1) is 5.10 Å². The van der Waals surface area contributed by atoms with Crippen molar-refractivity contribution in [2.45, 2.75) is 51.7 Å². The zero-order chi connectivity index (χ0) is 9.97. The van der Waals surface area contributed by atoms with Crippen molar-refractivity contribution in [1.82, 2.24) is 25.5 Å². The smallest absolute Gasteiger partial charge is 0.165 e. The third-order valence-electron chi connectivity index (χ3n) is 2.70. The molecule has 1 atom stereocenters. The van der Waals surface area contributed by atoms with Gasteiger partial charge in [0.05, 0.1) is 12.6 Å². The van der Waals surface area contributed by atoms with Gasteiger partial charge in [0.15, 0.2) is 5.82 Å². The van der Waals surface area contributed by atoms with E-state index < -0.39 is 0 Å². The summed E-state index contributed by atoms with van der Waals surface area (Å²) in [7, 11) is 0. The van der Waals surface area contributed by atoms with Gasteiger partial charge in [-0.2, -0.15) is 0 Å². The molecule has 1 heterocycles. The predicted molar refractivity (Wildman–Crippen MR) is 52.7 cm³/mol. The van der Waals surface area contributed by atoms with E-state index in [-0.39, 0.29) is 0 Å². The number of nitrogens with zero attached hydrogens (tertiary/aromatic N) is 4. The molecule has 0 bridgehead atoms. The first-order chi connectivity index (χ1) is 6.81. The minimum Gasteiger partial charge on any atom is -0.307 e. The first-order valence-corrected chi connectivity index (χ1v) is 5.31. The van der Waals surface area contributed by atoms with Crippen LogP contribution in [-0.2, 0) is 6.54 Å². The highest BCUT2D eigenvalue weighted by molar-refractivity contribution is 4.88. The molecule has 1 fully saturated rings. The summed E-state index contributed by atoms with van der Waals surface area (Å²) in [4.78, 5) is 0. The summed E-state index contributed by atoms with van der Waals surface area (Å²) >= 11 is 0. The predicted octanol–water partition coefficient (Wildman–Crippen LogP) is 0.896.